The molecule has 0 unspecified atom stereocenters. The predicted octanol–water partition coefficient (Wildman–Crippen LogP) is 3.25. The van der Waals surface area contributed by atoms with Crippen molar-refractivity contribution in [1.29, 1.82) is 0 Å². The molecule has 3 heterocycles. The number of hydrogen-bond donors (Lipinski definition) is 0. The van der Waals surface area contributed by atoms with E-state index in [-0.39, 0.29) is 17.2 Å². The number of hydrogen-bond acceptors (Lipinski definition) is 5. The molecule has 1 aromatic heterocycles. The van der Waals surface area contributed by atoms with Gasteiger partial charge in [-0.05, 0) is 37.5 Å². The first-order chi connectivity index (χ1) is 14.0. The smallest absolute Gasteiger partial charge is 0.253 e. The summed E-state index contributed by atoms with van der Waals surface area (Å²) in [4.78, 5) is 33.8. The number of nitrogens with zero attached hydrogens (tertiary/aromatic N) is 3. The van der Waals surface area contributed by atoms with Gasteiger partial charge in [-0.2, -0.15) is 0 Å². The monoisotopic (exact) mass is 413 g/mol. The maximum absolute atomic E-state index is 12.9. The van der Waals surface area contributed by atoms with E-state index in [1.54, 1.807) is 18.4 Å². The topological polar surface area (TPSA) is 62.7 Å². The Kier molecular flexibility index (Phi) is 5.69. The molecule has 2 amide bonds. The number of aryl methyl sites for hydroxylation is 1. The van der Waals surface area contributed by atoms with Crippen molar-refractivity contribution in [3.8, 4) is 0 Å². The van der Waals surface area contributed by atoms with E-state index >= 15 is 0 Å². The Labute approximate surface area is 175 Å². The number of benzene rings is 1. The van der Waals surface area contributed by atoms with Crippen LogP contribution in [-0.4, -0.2) is 53.3 Å². The second kappa shape index (κ2) is 8.24. The van der Waals surface area contributed by atoms with Crippen LogP contribution in [0.4, 0.5) is 0 Å². The van der Waals surface area contributed by atoms with Gasteiger partial charge < -0.3 is 14.5 Å². The van der Waals surface area contributed by atoms with Crippen LogP contribution in [0.5, 0.6) is 0 Å². The number of carbonyl (C=O) groups excluding carboxylic acids is 2. The van der Waals surface area contributed by atoms with Gasteiger partial charge in [0.15, 0.2) is 0 Å². The summed E-state index contributed by atoms with van der Waals surface area (Å²) in [5, 5.41) is 3.07. The van der Waals surface area contributed by atoms with Crippen LogP contribution < -0.4 is 0 Å². The van der Waals surface area contributed by atoms with Crippen LogP contribution in [0.3, 0.4) is 0 Å². The summed E-state index contributed by atoms with van der Waals surface area (Å²) < 4.78 is 5.12. The Balaban J connectivity index is 1.35. The molecule has 4 rings (SSSR count). The van der Waals surface area contributed by atoms with E-state index in [1.807, 2.05) is 46.4 Å². The minimum Gasteiger partial charge on any atom is -0.380 e. The van der Waals surface area contributed by atoms with Crippen LogP contribution in [0, 0.1) is 12.3 Å². The number of carbonyl (C=O) groups is 2. The summed E-state index contributed by atoms with van der Waals surface area (Å²) in [5.41, 5.74) is 2.74. The summed E-state index contributed by atoms with van der Waals surface area (Å²) in [7, 11) is 1.66. The number of piperidine rings is 1. The van der Waals surface area contributed by atoms with Crippen molar-refractivity contribution in [2.45, 2.75) is 39.3 Å². The normalized spacial score (nSPS) is 18.6. The summed E-state index contributed by atoms with van der Waals surface area (Å²) in [6.07, 6.45) is 2.33. The molecular weight excluding hydrogens is 386 g/mol. The van der Waals surface area contributed by atoms with Crippen molar-refractivity contribution >= 4 is 23.2 Å². The first kappa shape index (κ1) is 20.0. The van der Waals surface area contributed by atoms with Crippen molar-refractivity contribution in [1.82, 2.24) is 14.8 Å². The highest BCUT2D eigenvalue weighted by Gasteiger charge is 2.45. The predicted molar refractivity (Wildman–Crippen MR) is 112 cm³/mol. The average Bonchev–Trinajstić information content (AvgIpc) is 3.26. The quantitative estimate of drug-likeness (QED) is 0.755. The van der Waals surface area contributed by atoms with Crippen LogP contribution in [0.1, 0.15) is 45.9 Å². The standard InChI is InChI=1S/C22H27N3O3S/c1-16-23-19(14-29-16)12-25-15-22(11-20(25)26)7-9-24(10-8-22)21(27)18-5-3-17(4-6-18)13-28-2/h3-6,14H,7-13,15H2,1-2H3. The third-order valence-corrected chi connectivity index (χ3v) is 6.87. The van der Waals surface area contributed by atoms with Gasteiger partial charge in [-0.3, -0.25) is 9.59 Å². The van der Waals surface area contributed by atoms with Crippen LogP contribution in [0.2, 0.25) is 0 Å². The molecule has 29 heavy (non-hydrogen) atoms. The number of likely N-dealkylation sites (tertiary alicyclic amines) is 2. The van der Waals surface area contributed by atoms with E-state index in [4.69, 9.17) is 4.74 Å². The molecule has 2 saturated heterocycles. The summed E-state index contributed by atoms with van der Waals surface area (Å²) in [6.45, 7) is 5.31. The number of rotatable bonds is 5. The molecule has 2 fully saturated rings. The van der Waals surface area contributed by atoms with Crippen LogP contribution in [0.15, 0.2) is 29.6 Å². The third kappa shape index (κ3) is 4.36. The first-order valence-corrected chi connectivity index (χ1v) is 10.9. The van der Waals surface area contributed by atoms with Gasteiger partial charge in [-0.1, -0.05) is 12.1 Å². The van der Waals surface area contributed by atoms with Gasteiger partial charge in [0, 0.05) is 49.5 Å². The third-order valence-electron chi connectivity index (χ3n) is 6.05. The minimum absolute atomic E-state index is 0.00124. The SMILES string of the molecule is COCc1ccc(C(=O)N2CCC3(CC2)CC(=O)N(Cc2csc(C)n2)C3)cc1. The molecule has 0 radical (unpaired) electrons. The number of aromatic nitrogens is 1. The maximum atomic E-state index is 12.9. The lowest BCUT2D eigenvalue weighted by molar-refractivity contribution is -0.128. The van der Waals surface area contributed by atoms with Gasteiger partial charge in [0.1, 0.15) is 0 Å². The fraction of sp³-hybridized carbons (Fsp3) is 0.500. The maximum Gasteiger partial charge on any atom is 0.253 e. The number of amides is 2. The number of thiazole rings is 1. The Morgan fingerprint density at radius 1 is 1.24 bits per heavy atom. The summed E-state index contributed by atoms with van der Waals surface area (Å²) >= 11 is 1.62. The molecule has 0 N–H and O–H groups in total. The minimum atomic E-state index is 0.00124. The summed E-state index contributed by atoms with van der Waals surface area (Å²) in [5.74, 6) is 0.284. The van der Waals surface area contributed by atoms with Gasteiger partial charge in [0.2, 0.25) is 5.91 Å². The molecule has 0 bridgehead atoms. The molecule has 2 aliphatic heterocycles. The lowest BCUT2D eigenvalue weighted by Gasteiger charge is -2.38. The largest absolute Gasteiger partial charge is 0.380 e. The summed E-state index contributed by atoms with van der Waals surface area (Å²) in [6, 6.07) is 7.63. The molecule has 7 heteroatoms. The van der Waals surface area contributed by atoms with E-state index in [0.717, 1.165) is 35.7 Å². The molecule has 2 aromatic rings. The van der Waals surface area contributed by atoms with E-state index < -0.39 is 0 Å². The number of methoxy groups -OCH3 is 1. The molecule has 1 spiro atoms. The highest BCUT2D eigenvalue weighted by molar-refractivity contribution is 7.09. The van der Waals surface area contributed by atoms with E-state index in [1.165, 1.54) is 0 Å². The second-order valence-corrected chi connectivity index (χ2v) is 9.27. The number of ether oxygens (including phenoxy) is 1. The Hall–Kier alpha value is -2.25. The molecule has 0 aliphatic carbocycles. The molecule has 2 aliphatic rings. The molecule has 0 atom stereocenters. The van der Waals surface area contributed by atoms with Gasteiger partial charge in [-0.15, -0.1) is 11.3 Å². The van der Waals surface area contributed by atoms with Crippen molar-refractivity contribution in [3.63, 3.8) is 0 Å². The van der Waals surface area contributed by atoms with Crippen LogP contribution in [0.25, 0.3) is 0 Å². The van der Waals surface area contributed by atoms with Crippen molar-refractivity contribution in [2.75, 3.05) is 26.7 Å². The Morgan fingerprint density at radius 2 is 1.97 bits per heavy atom. The highest BCUT2D eigenvalue weighted by Crippen LogP contribution is 2.41. The Bertz CT molecular complexity index is 885. The van der Waals surface area contributed by atoms with Crippen molar-refractivity contribution < 1.29 is 14.3 Å². The first-order valence-electron chi connectivity index (χ1n) is 10.0. The van der Waals surface area contributed by atoms with Crippen molar-refractivity contribution in [3.05, 3.63) is 51.5 Å². The molecule has 0 saturated carbocycles. The molecular formula is C22H27N3O3S. The fourth-order valence-corrected chi connectivity index (χ4v) is 5.02. The Morgan fingerprint density at radius 3 is 2.59 bits per heavy atom. The van der Waals surface area contributed by atoms with Crippen LogP contribution >= 0.6 is 11.3 Å². The van der Waals surface area contributed by atoms with E-state index in [2.05, 4.69) is 4.98 Å². The van der Waals surface area contributed by atoms with Gasteiger partial charge in [-0.25, -0.2) is 4.98 Å². The molecule has 154 valence electrons. The zero-order valence-electron chi connectivity index (χ0n) is 17.0. The molecule has 6 nitrogen and oxygen atoms in total. The van der Waals surface area contributed by atoms with Gasteiger partial charge in [0.05, 0.1) is 23.9 Å². The zero-order chi connectivity index (χ0) is 20.4. The van der Waals surface area contributed by atoms with Crippen LogP contribution in [-0.2, 0) is 22.7 Å². The highest BCUT2D eigenvalue weighted by atomic mass is 32.1. The average molecular weight is 414 g/mol. The molecule has 1 aromatic carbocycles. The van der Waals surface area contributed by atoms with E-state index in [9.17, 15) is 9.59 Å². The fourth-order valence-electron chi connectivity index (χ4n) is 4.41. The second-order valence-electron chi connectivity index (χ2n) is 8.21. The lowest BCUT2D eigenvalue weighted by atomic mass is 9.77. The van der Waals surface area contributed by atoms with Gasteiger partial charge >= 0.3 is 0 Å². The van der Waals surface area contributed by atoms with Crippen molar-refractivity contribution in [2.24, 2.45) is 5.41 Å². The lowest BCUT2D eigenvalue weighted by Crippen LogP contribution is -2.44. The zero-order valence-corrected chi connectivity index (χ0v) is 17.8. The van der Waals surface area contributed by atoms with Gasteiger partial charge in [0.25, 0.3) is 5.91 Å². The van der Waals surface area contributed by atoms with E-state index in [0.29, 0.717) is 38.2 Å².